The maximum atomic E-state index is 13.6. The minimum Gasteiger partial charge on any atom is -0.385 e. The molecule has 5 aromatic rings. The number of nitrogens with one attached hydrogen (secondary N) is 3. The van der Waals surface area contributed by atoms with Gasteiger partial charge in [0.1, 0.15) is 12.0 Å². The lowest BCUT2D eigenvalue weighted by Crippen LogP contribution is -2.17. The zero-order valence-corrected chi connectivity index (χ0v) is 22.4. The summed E-state index contributed by atoms with van der Waals surface area (Å²) in [6.07, 6.45) is -0.584. The van der Waals surface area contributed by atoms with Gasteiger partial charge in [-0.2, -0.15) is 13.2 Å². The van der Waals surface area contributed by atoms with Gasteiger partial charge < -0.3 is 20.5 Å². The number of carbonyl (C=O) groups is 1. The Balaban J connectivity index is 1.41. The van der Waals surface area contributed by atoms with Crippen LogP contribution in [0.15, 0.2) is 67.1 Å². The van der Waals surface area contributed by atoms with Gasteiger partial charge in [0.25, 0.3) is 5.91 Å². The van der Waals surface area contributed by atoms with E-state index in [9.17, 15) is 18.0 Å². The summed E-state index contributed by atoms with van der Waals surface area (Å²) in [5.41, 5.74) is 4.20. The molecule has 0 aliphatic rings. The fourth-order valence-electron chi connectivity index (χ4n) is 4.67. The number of fused-ring (bicyclic) bond motifs is 3. The summed E-state index contributed by atoms with van der Waals surface area (Å²) >= 11 is 0. The molecule has 0 fully saturated rings. The van der Waals surface area contributed by atoms with E-state index < -0.39 is 17.6 Å². The number of aryl methyl sites for hydroxylation is 1. The molecule has 40 heavy (non-hydrogen) atoms. The third-order valence-corrected chi connectivity index (χ3v) is 6.72. The van der Waals surface area contributed by atoms with Gasteiger partial charge in [-0.25, -0.2) is 9.97 Å². The third-order valence-electron chi connectivity index (χ3n) is 6.72. The Kier molecular flexibility index (Phi) is 7.44. The molecule has 3 N–H and O–H groups in total. The Morgan fingerprint density at radius 3 is 2.60 bits per heavy atom. The Morgan fingerprint density at radius 2 is 1.82 bits per heavy atom. The molecule has 10 heteroatoms. The molecule has 7 nitrogen and oxygen atoms in total. The van der Waals surface area contributed by atoms with Crippen LogP contribution in [-0.2, 0) is 6.18 Å². The van der Waals surface area contributed by atoms with Crippen LogP contribution >= 0.6 is 0 Å². The van der Waals surface area contributed by atoms with E-state index in [2.05, 4.69) is 25.6 Å². The number of amides is 1. The van der Waals surface area contributed by atoms with E-state index in [1.165, 1.54) is 12.4 Å². The molecule has 0 unspecified atom stereocenters. The maximum Gasteiger partial charge on any atom is 0.416 e. The lowest BCUT2D eigenvalue weighted by atomic mass is 9.98. The van der Waals surface area contributed by atoms with Crippen molar-refractivity contribution in [3.63, 3.8) is 0 Å². The highest BCUT2D eigenvalue weighted by atomic mass is 19.4. The number of H-pyrrole nitrogens is 1. The molecule has 0 radical (unpaired) electrons. The predicted molar refractivity (Wildman–Crippen MR) is 153 cm³/mol. The van der Waals surface area contributed by atoms with Crippen LogP contribution in [0.1, 0.15) is 27.9 Å². The van der Waals surface area contributed by atoms with Gasteiger partial charge in [0.2, 0.25) is 0 Å². The third kappa shape index (κ3) is 5.91. The van der Waals surface area contributed by atoms with Crippen molar-refractivity contribution in [3.05, 3.63) is 83.8 Å². The molecule has 0 bridgehead atoms. The van der Waals surface area contributed by atoms with Gasteiger partial charge in [-0.3, -0.25) is 4.79 Å². The van der Waals surface area contributed by atoms with E-state index in [4.69, 9.17) is 0 Å². The standard InChI is InChI=1S/C30H29F3N6O/c1-18-5-7-22(15-25(18)19-6-8-24-26-16-34-17-36-28(26)38-27(24)13-19)37-29(40)20-11-21(30(31,32)33)14-23(12-20)35-9-4-10-39(2)3/h5-8,11-17,35H,4,9-10H2,1-3H3,(H,37,40)(H,34,36,38). The molecule has 3 aromatic carbocycles. The monoisotopic (exact) mass is 546 g/mol. The minimum atomic E-state index is -4.58. The molecule has 5 rings (SSSR count). The summed E-state index contributed by atoms with van der Waals surface area (Å²) in [5.74, 6) is -0.623. The first kappa shape index (κ1) is 27.1. The minimum absolute atomic E-state index is 0.0762. The highest BCUT2D eigenvalue weighted by Crippen LogP contribution is 2.34. The molecule has 0 saturated carbocycles. The highest BCUT2D eigenvalue weighted by Gasteiger charge is 2.32. The van der Waals surface area contributed by atoms with Crippen molar-refractivity contribution < 1.29 is 18.0 Å². The van der Waals surface area contributed by atoms with Crippen LogP contribution in [0.4, 0.5) is 24.5 Å². The van der Waals surface area contributed by atoms with Crippen LogP contribution in [0.5, 0.6) is 0 Å². The lowest BCUT2D eigenvalue weighted by molar-refractivity contribution is -0.137. The van der Waals surface area contributed by atoms with Crippen molar-refractivity contribution in [2.24, 2.45) is 0 Å². The van der Waals surface area contributed by atoms with Crippen LogP contribution < -0.4 is 10.6 Å². The van der Waals surface area contributed by atoms with Gasteiger partial charge in [0.15, 0.2) is 0 Å². The van der Waals surface area contributed by atoms with Gasteiger partial charge in [-0.1, -0.05) is 18.2 Å². The normalized spacial score (nSPS) is 11.9. The SMILES string of the molecule is Cc1ccc(NC(=O)c2cc(NCCCN(C)C)cc(C(F)(F)F)c2)cc1-c1ccc2c(c1)[nH]c1ncncc12. The molecular formula is C30H29F3N6O. The molecule has 1 amide bonds. The van der Waals surface area contributed by atoms with Gasteiger partial charge in [0.05, 0.1) is 5.56 Å². The van der Waals surface area contributed by atoms with Crippen molar-refractivity contribution in [1.29, 1.82) is 0 Å². The highest BCUT2D eigenvalue weighted by molar-refractivity contribution is 6.07. The maximum absolute atomic E-state index is 13.6. The quantitative estimate of drug-likeness (QED) is 0.188. The van der Waals surface area contributed by atoms with E-state index in [-0.39, 0.29) is 11.3 Å². The fourth-order valence-corrected chi connectivity index (χ4v) is 4.67. The summed E-state index contributed by atoms with van der Waals surface area (Å²) in [6.45, 7) is 3.23. The van der Waals surface area contributed by atoms with E-state index in [0.29, 0.717) is 12.2 Å². The molecule has 0 spiro atoms. The van der Waals surface area contributed by atoms with Crippen molar-refractivity contribution in [2.45, 2.75) is 19.5 Å². The number of halogens is 3. The van der Waals surface area contributed by atoms with Crippen LogP contribution in [0.3, 0.4) is 0 Å². The summed E-state index contributed by atoms with van der Waals surface area (Å²) in [6, 6.07) is 14.8. The number of aromatic amines is 1. The van der Waals surface area contributed by atoms with Gasteiger partial charge in [0, 0.05) is 46.0 Å². The first-order valence-electron chi connectivity index (χ1n) is 12.8. The van der Waals surface area contributed by atoms with Crippen molar-refractivity contribution in [1.82, 2.24) is 19.9 Å². The summed E-state index contributed by atoms with van der Waals surface area (Å²) in [5, 5.41) is 7.71. The number of aromatic nitrogens is 3. The number of rotatable bonds is 8. The van der Waals surface area contributed by atoms with Gasteiger partial charge in [-0.15, -0.1) is 0 Å². The summed E-state index contributed by atoms with van der Waals surface area (Å²) < 4.78 is 40.9. The Bertz CT molecular complexity index is 1690. The predicted octanol–water partition coefficient (Wildman–Crippen LogP) is 6.72. The number of nitrogens with zero attached hydrogens (tertiary/aromatic N) is 3. The second-order valence-electron chi connectivity index (χ2n) is 10.0. The van der Waals surface area contributed by atoms with E-state index >= 15 is 0 Å². The molecule has 0 aliphatic heterocycles. The average Bonchev–Trinajstić information content (AvgIpc) is 3.29. The molecule has 0 atom stereocenters. The van der Waals surface area contributed by atoms with E-state index in [1.807, 2.05) is 56.3 Å². The Morgan fingerprint density at radius 1 is 1.00 bits per heavy atom. The van der Waals surface area contributed by atoms with Crippen molar-refractivity contribution >= 4 is 39.2 Å². The number of benzene rings is 3. The second kappa shape index (κ2) is 11.0. The zero-order valence-electron chi connectivity index (χ0n) is 22.4. The molecule has 0 aliphatic carbocycles. The first-order valence-corrected chi connectivity index (χ1v) is 12.8. The topological polar surface area (TPSA) is 85.9 Å². The van der Waals surface area contributed by atoms with Crippen LogP contribution in [0, 0.1) is 6.92 Å². The zero-order chi connectivity index (χ0) is 28.4. The largest absolute Gasteiger partial charge is 0.416 e. The van der Waals surface area contributed by atoms with Crippen LogP contribution in [-0.4, -0.2) is 52.9 Å². The summed E-state index contributed by atoms with van der Waals surface area (Å²) in [7, 11) is 3.86. The Hall–Kier alpha value is -4.44. The second-order valence-corrected chi connectivity index (χ2v) is 10.0. The molecule has 2 heterocycles. The first-order chi connectivity index (χ1) is 19.1. The van der Waals surface area contributed by atoms with Gasteiger partial charge in [-0.05, 0) is 87.1 Å². The molecule has 0 saturated heterocycles. The molecule has 2 aromatic heterocycles. The van der Waals surface area contributed by atoms with E-state index in [1.54, 1.807) is 12.3 Å². The summed E-state index contributed by atoms with van der Waals surface area (Å²) in [4.78, 5) is 26.8. The van der Waals surface area contributed by atoms with Crippen molar-refractivity contribution in [3.8, 4) is 11.1 Å². The van der Waals surface area contributed by atoms with Crippen LogP contribution in [0.2, 0.25) is 0 Å². The van der Waals surface area contributed by atoms with Crippen LogP contribution in [0.25, 0.3) is 33.1 Å². The van der Waals surface area contributed by atoms with E-state index in [0.717, 1.165) is 63.7 Å². The number of carbonyl (C=O) groups excluding carboxylic acids is 1. The number of hydrogen-bond donors (Lipinski definition) is 3. The van der Waals surface area contributed by atoms with Crippen molar-refractivity contribution in [2.75, 3.05) is 37.8 Å². The molecule has 206 valence electrons. The van der Waals surface area contributed by atoms with Gasteiger partial charge >= 0.3 is 6.18 Å². The lowest BCUT2D eigenvalue weighted by Gasteiger charge is -2.15. The number of anilines is 2. The molecular weight excluding hydrogens is 517 g/mol. The Labute approximate surface area is 229 Å². The number of hydrogen-bond acceptors (Lipinski definition) is 5. The number of alkyl halides is 3. The fraction of sp³-hybridized carbons (Fsp3) is 0.233. The average molecular weight is 547 g/mol. The smallest absolute Gasteiger partial charge is 0.385 e.